The van der Waals surface area contributed by atoms with Crippen LogP contribution < -0.4 is 0 Å². The first-order valence-corrected chi connectivity index (χ1v) is 4.59. The van der Waals surface area contributed by atoms with E-state index in [1.807, 2.05) is 0 Å². The molecule has 0 spiro atoms. The fourth-order valence-electron chi connectivity index (χ4n) is 1.62. The van der Waals surface area contributed by atoms with E-state index in [4.69, 9.17) is 0 Å². The van der Waals surface area contributed by atoms with Crippen molar-refractivity contribution in [3.8, 4) is 0 Å². The van der Waals surface area contributed by atoms with Gasteiger partial charge in [0.05, 0.1) is 11.8 Å². The fourth-order valence-corrected chi connectivity index (χ4v) is 1.62. The normalized spacial score (nSPS) is 22.8. The fraction of sp³-hybridized carbons (Fsp3) is 0.400. The molecule has 0 radical (unpaired) electrons. The van der Waals surface area contributed by atoms with Gasteiger partial charge in [-0.05, 0) is 12.8 Å². The lowest BCUT2D eigenvalue weighted by Crippen LogP contribution is -2.29. The third kappa shape index (κ3) is 2.67. The lowest BCUT2D eigenvalue weighted by molar-refractivity contribution is -0.131. The molecule has 6 nitrogen and oxygen atoms in total. The van der Waals surface area contributed by atoms with Gasteiger partial charge in [0, 0.05) is 0 Å². The van der Waals surface area contributed by atoms with Crippen LogP contribution in [0.25, 0.3) is 0 Å². The molecule has 0 aromatic carbocycles. The van der Waals surface area contributed by atoms with Gasteiger partial charge < -0.3 is 0 Å². The highest BCUT2D eigenvalue weighted by molar-refractivity contribution is 5.92. The number of hydrogen-bond donors (Lipinski definition) is 0. The first-order chi connectivity index (χ1) is 7.70. The Kier molecular flexibility index (Phi) is 4.21. The van der Waals surface area contributed by atoms with Crippen LogP contribution in [0.15, 0.2) is 22.1 Å². The van der Waals surface area contributed by atoms with Crippen molar-refractivity contribution in [2.75, 3.05) is 0 Å². The SMILES string of the molecule is O=C=NC(=O)C1CC=CCC1C(=O)N=C=O. The zero-order valence-electron chi connectivity index (χ0n) is 8.25. The number of hydrogen-bond acceptors (Lipinski definition) is 4. The molecule has 82 valence electrons. The van der Waals surface area contributed by atoms with E-state index in [2.05, 4.69) is 9.98 Å². The molecule has 0 aliphatic heterocycles. The molecule has 0 aromatic heterocycles. The molecule has 6 heteroatoms. The highest BCUT2D eigenvalue weighted by Gasteiger charge is 2.33. The van der Waals surface area contributed by atoms with Crippen molar-refractivity contribution >= 4 is 24.0 Å². The number of amides is 2. The zero-order chi connectivity index (χ0) is 12.0. The number of allylic oxidation sites excluding steroid dienone is 2. The average molecular weight is 220 g/mol. The standard InChI is InChI=1S/C10H8N2O4/c13-5-11-9(15)7-3-1-2-4-8(7)10(16)12-6-14/h1-2,7-8H,3-4H2. The van der Waals surface area contributed by atoms with Crippen molar-refractivity contribution in [2.24, 2.45) is 21.8 Å². The Labute approximate surface area is 90.8 Å². The lowest BCUT2D eigenvalue weighted by Gasteiger charge is -2.21. The topological polar surface area (TPSA) is 93.0 Å². The Morgan fingerprint density at radius 3 is 1.62 bits per heavy atom. The Morgan fingerprint density at radius 2 is 1.31 bits per heavy atom. The third-order valence-electron chi connectivity index (χ3n) is 2.38. The predicted molar refractivity (Wildman–Crippen MR) is 51.6 cm³/mol. The maximum absolute atomic E-state index is 11.4. The van der Waals surface area contributed by atoms with Crippen LogP contribution in [0, 0.1) is 11.8 Å². The molecule has 1 rings (SSSR count). The quantitative estimate of drug-likeness (QED) is 0.380. The van der Waals surface area contributed by atoms with Crippen LogP contribution in [0.2, 0.25) is 0 Å². The van der Waals surface area contributed by atoms with Crippen LogP contribution in [0.3, 0.4) is 0 Å². The predicted octanol–water partition coefficient (Wildman–Crippen LogP) is 0.294. The van der Waals surface area contributed by atoms with E-state index < -0.39 is 23.7 Å². The van der Waals surface area contributed by atoms with Gasteiger partial charge in [-0.15, -0.1) is 9.98 Å². The van der Waals surface area contributed by atoms with E-state index >= 15 is 0 Å². The van der Waals surface area contributed by atoms with E-state index in [0.717, 1.165) is 12.2 Å². The maximum Gasteiger partial charge on any atom is 0.260 e. The first kappa shape index (κ1) is 11.9. The van der Waals surface area contributed by atoms with Gasteiger partial charge in [0.2, 0.25) is 12.2 Å². The van der Waals surface area contributed by atoms with Crippen molar-refractivity contribution in [1.82, 2.24) is 0 Å². The number of nitrogens with zero attached hydrogens (tertiary/aromatic N) is 2. The molecule has 1 aliphatic rings. The third-order valence-corrected chi connectivity index (χ3v) is 2.38. The smallest absolute Gasteiger partial charge is 0.260 e. The molecule has 0 bridgehead atoms. The molecular formula is C10H8N2O4. The molecule has 0 heterocycles. The van der Waals surface area contributed by atoms with Gasteiger partial charge in [-0.1, -0.05) is 12.2 Å². The van der Waals surface area contributed by atoms with Crippen LogP contribution in [-0.2, 0) is 19.2 Å². The van der Waals surface area contributed by atoms with Gasteiger partial charge in [0.1, 0.15) is 0 Å². The summed E-state index contributed by atoms with van der Waals surface area (Å²) in [5.74, 6) is -2.90. The Morgan fingerprint density at radius 1 is 0.938 bits per heavy atom. The van der Waals surface area contributed by atoms with Gasteiger partial charge >= 0.3 is 0 Å². The molecule has 0 fully saturated rings. The highest BCUT2D eigenvalue weighted by Crippen LogP contribution is 2.27. The Balaban J connectivity index is 2.92. The maximum atomic E-state index is 11.4. The van der Waals surface area contributed by atoms with Crippen molar-refractivity contribution in [3.63, 3.8) is 0 Å². The number of aliphatic imine (C=N–C) groups is 2. The summed E-state index contributed by atoms with van der Waals surface area (Å²) < 4.78 is 0. The van der Waals surface area contributed by atoms with E-state index in [9.17, 15) is 19.2 Å². The molecule has 0 aromatic rings. The van der Waals surface area contributed by atoms with Gasteiger partial charge in [0.15, 0.2) is 0 Å². The summed E-state index contributed by atoms with van der Waals surface area (Å²) in [7, 11) is 0. The zero-order valence-corrected chi connectivity index (χ0v) is 8.25. The van der Waals surface area contributed by atoms with Gasteiger partial charge in [-0.2, -0.15) is 0 Å². The van der Waals surface area contributed by atoms with Gasteiger partial charge in [-0.25, -0.2) is 9.59 Å². The summed E-state index contributed by atoms with van der Waals surface area (Å²) >= 11 is 0. The van der Waals surface area contributed by atoms with Gasteiger partial charge in [0.25, 0.3) is 11.8 Å². The minimum Gasteiger partial charge on any atom is -0.271 e. The minimum atomic E-state index is -0.740. The number of carbonyl (C=O) groups is 2. The molecular weight excluding hydrogens is 212 g/mol. The average Bonchev–Trinajstić information content (AvgIpc) is 2.30. The molecule has 1 aliphatic carbocycles. The summed E-state index contributed by atoms with van der Waals surface area (Å²) in [6.45, 7) is 0. The van der Waals surface area contributed by atoms with Crippen molar-refractivity contribution in [1.29, 1.82) is 0 Å². The summed E-state index contributed by atoms with van der Waals surface area (Å²) in [5.41, 5.74) is 0. The van der Waals surface area contributed by atoms with Crippen molar-refractivity contribution < 1.29 is 19.2 Å². The summed E-state index contributed by atoms with van der Waals surface area (Å²) in [6, 6.07) is 0. The molecule has 0 N–H and O–H groups in total. The van der Waals surface area contributed by atoms with Crippen molar-refractivity contribution in [3.05, 3.63) is 12.2 Å². The van der Waals surface area contributed by atoms with E-state index in [1.54, 1.807) is 12.2 Å². The summed E-state index contributed by atoms with van der Waals surface area (Å²) in [4.78, 5) is 48.6. The molecule has 16 heavy (non-hydrogen) atoms. The van der Waals surface area contributed by atoms with Crippen LogP contribution >= 0.6 is 0 Å². The molecule has 0 saturated carbocycles. The first-order valence-electron chi connectivity index (χ1n) is 4.59. The second-order valence-electron chi connectivity index (χ2n) is 3.24. The lowest BCUT2D eigenvalue weighted by atomic mass is 9.82. The van der Waals surface area contributed by atoms with E-state index in [-0.39, 0.29) is 0 Å². The van der Waals surface area contributed by atoms with Crippen molar-refractivity contribution in [2.45, 2.75) is 12.8 Å². The number of rotatable bonds is 2. The monoisotopic (exact) mass is 220 g/mol. The highest BCUT2D eigenvalue weighted by atomic mass is 16.2. The van der Waals surface area contributed by atoms with E-state index in [1.165, 1.54) is 0 Å². The van der Waals surface area contributed by atoms with Crippen LogP contribution in [0.5, 0.6) is 0 Å². The molecule has 2 amide bonds. The molecule has 0 saturated heterocycles. The molecule has 2 unspecified atom stereocenters. The minimum absolute atomic E-state index is 0.300. The van der Waals surface area contributed by atoms with Crippen LogP contribution in [0.1, 0.15) is 12.8 Å². The Bertz CT molecular complexity index is 388. The van der Waals surface area contributed by atoms with E-state index in [0.29, 0.717) is 12.8 Å². The van der Waals surface area contributed by atoms with Gasteiger partial charge in [-0.3, -0.25) is 9.59 Å². The Hall–Kier alpha value is -2.16. The largest absolute Gasteiger partial charge is 0.271 e. The number of isocyanates is 2. The summed E-state index contributed by atoms with van der Waals surface area (Å²) in [5, 5.41) is 0. The number of carbonyl (C=O) groups excluding carboxylic acids is 4. The second kappa shape index (κ2) is 5.66. The van der Waals surface area contributed by atoms with Crippen LogP contribution in [0.4, 0.5) is 0 Å². The van der Waals surface area contributed by atoms with Crippen LogP contribution in [-0.4, -0.2) is 24.0 Å². The molecule has 2 atom stereocenters. The second-order valence-corrected chi connectivity index (χ2v) is 3.24. The summed E-state index contributed by atoms with van der Waals surface area (Å²) in [6.07, 6.45) is 6.32.